The number of ether oxygens (including phenoxy) is 1. The molecule has 1 aliphatic rings. The van der Waals surface area contributed by atoms with Crippen molar-refractivity contribution < 1.29 is 4.74 Å². The van der Waals surface area contributed by atoms with Gasteiger partial charge in [0.2, 0.25) is 0 Å². The van der Waals surface area contributed by atoms with E-state index in [4.69, 9.17) is 9.72 Å². The Kier molecular flexibility index (Phi) is 6.71. The van der Waals surface area contributed by atoms with Crippen LogP contribution in [0.25, 0.3) is 32.1 Å². The maximum Gasteiger partial charge on any atom is 0.182 e. The van der Waals surface area contributed by atoms with E-state index in [2.05, 4.69) is 141 Å². The highest BCUT2D eigenvalue weighted by molar-refractivity contribution is 7.21. The molecule has 43 heavy (non-hydrogen) atoms. The molecule has 0 radical (unpaired) electrons. The molecule has 5 heteroatoms. The molecule has 0 N–H and O–H groups in total. The summed E-state index contributed by atoms with van der Waals surface area (Å²) in [7, 11) is 0. The summed E-state index contributed by atoms with van der Waals surface area (Å²) >= 11 is 1.68. The largest absolute Gasteiger partial charge is 0.447 e. The van der Waals surface area contributed by atoms with E-state index in [9.17, 15) is 0 Å². The van der Waals surface area contributed by atoms with Gasteiger partial charge in [0, 0.05) is 56.7 Å². The van der Waals surface area contributed by atoms with Crippen LogP contribution in [0.2, 0.25) is 0 Å². The highest BCUT2D eigenvalue weighted by atomic mass is 32.1. The van der Waals surface area contributed by atoms with Gasteiger partial charge in [0.05, 0.1) is 12.4 Å². The van der Waals surface area contributed by atoms with E-state index in [0.717, 1.165) is 34.4 Å². The molecule has 7 rings (SSSR count). The minimum atomic E-state index is 0.0366. The highest BCUT2D eigenvalue weighted by Crippen LogP contribution is 2.44. The molecule has 0 saturated carbocycles. The summed E-state index contributed by atoms with van der Waals surface area (Å²) < 4.78 is 7.76. The second-order valence-electron chi connectivity index (χ2n) is 12.2. The fourth-order valence-corrected chi connectivity index (χ4v) is 6.90. The van der Waals surface area contributed by atoms with Crippen molar-refractivity contribution in [2.45, 2.75) is 40.0 Å². The molecular formula is C38H35N3OS. The van der Waals surface area contributed by atoms with Crippen LogP contribution in [0.1, 0.15) is 40.2 Å². The number of hydrogen-bond donors (Lipinski definition) is 0. The van der Waals surface area contributed by atoms with Crippen LogP contribution in [0, 0.1) is 0 Å². The van der Waals surface area contributed by atoms with Crippen molar-refractivity contribution in [3.8, 4) is 22.1 Å². The third-order valence-corrected chi connectivity index (χ3v) is 9.40. The molecule has 0 amide bonds. The molecule has 0 aliphatic carbocycles. The predicted octanol–water partition coefficient (Wildman–Crippen LogP) is 10.7. The SMILES string of the molecule is CC1=C(C)N(c2cccc(Oc3cc4c(-c5cc(C(C)(C)C)ccn5)c5ccccc5cc4s3)c2)CN1c1ccccc1. The lowest BCUT2D eigenvalue weighted by molar-refractivity contribution is 0.497. The summed E-state index contributed by atoms with van der Waals surface area (Å²) in [6.07, 6.45) is 1.94. The summed E-state index contributed by atoms with van der Waals surface area (Å²) in [6.45, 7) is 11.9. The third-order valence-electron chi connectivity index (χ3n) is 8.44. The first kappa shape index (κ1) is 27.2. The number of allylic oxidation sites excluding steroid dienone is 2. The maximum atomic E-state index is 6.57. The monoisotopic (exact) mass is 581 g/mol. The quantitative estimate of drug-likeness (QED) is 0.202. The Bertz CT molecular complexity index is 2000. The van der Waals surface area contributed by atoms with E-state index in [1.54, 1.807) is 11.3 Å². The van der Waals surface area contributed by atoms with E-state index < -0.39 is 0 Å². The second kappa shape index (κ2) is 10.6. The van der Waals surface area contributed by atoms with Crippen molar-refractivity contribution >= 4 is 43.6 Å². The van der Waals surface area contributed by atoms with Crippen LogP contribution in [0.15, 0.2) is 121 Å². The number of aromatic nitrogens is 1. The number of nitrogens with zero attached hydrogens (tertiary/aromatic N) is 3. The van der Waals surface area contributed by atoms with Gasteiger partial charge in [0.25, 0.3) is 0 Å². The molecule has 2 aromatic heterocycles. The third kappa shape index (κ3) is 5.04. The Hall–Kier alpha value is -4.61. The van der Waals surface area contributed by atoms with Gasteiger partial charge in [-0.3, -0.25) is 4.98 Å². The average Bonchev–Trinajstić information content (AvgIpc) is 3.55. The Balaban J connectivity index is 1.25. The van der Waals surface area contributed by atoms with Gasteiger partial charge in [-0.1, -0.05) is 80.6 Å². The molecule has 0 bridgehead atoms. The zero-order chi connectivity index (χ0) is 29.7. The first-order valence-corrected chi connectivity index (χ1v) is 15.6. The number of pyridine rings is 1. The van der Waals surface area contributed by atoms with Gasteiger partial charge in [0.1, 0.15) is 5.75 Å². The molecule has 214 valence electrons. The van der Waals surface area contributed by atoms with Gasteiger partial charge in [0.15, 0.2) is 5.06 Å². The zero-order valence-electron chi connectivity index (χ0n) is 25.3. The van der Waals surface area contributed by atoms with Crippen molar-refractivity contribution in [3.05, 3.63) is 126 Å². The van der Waals surface area contributed by atoms with Gasteiger partial charge in [-0.25, -0.2) is 0 Å². The van der Waals surface area contributed by atoms with Gasteiger partial charge >= 0.3 is 0 Å². The van der Waals surface area contributed by atoms with Crippen LogP contribution in [0.3, 0.4) is 0 Å². The number of anilines is 2. The Morgan fingerprint density at radius 1 is 0.721 bits per heavy atom. The van der Waals surface area contributed by atoms with Crippen molar-refractivity contribution in [1.29, 1.82) is 0 Å². The first-order valence-electron chi connectivity index (χ1n) is 14.7. The molecule has 4 aromatic carbocycles. The van der Waals surface area contributed by atoms with Gasteiger partial charge in [-0.2, -0.15) is 0 Å². The predicted molar refractivity (Wildman–Crippen MR) is 182 cm³/mol. The molecule has 0 fully saturated rings. The Labute approximate surface area is 257 Å². The molecule has 4 nitrogen and oxygen atoms in total. The summed E-state index contributed by atoms with van der Waals surface area (Å²) in [5.74, 6) is 0.826. The van der Waals surface area contributed by atoms with Gasteiger partial charge in [-0.05, 0) is 78.1 Å². The van der Waals surface area contributed by atoms with Crippen LogP contribution < -0.4 is 14.5 Å². The number of hydrogen-bond acceptors (Lipinski definition) is 5. The number of benzene rings is 4. The van der Waals surface area contributed by atoms with Crippen molar-refractivity contribution in [1.82, 2.24) is 4.98 Å². The fourth-order valence-electron chi connectivity index (χ4n) is 5.92. The van der Waals surface area contributed by atoms with Gasteiger partial charge in [-0.15, -0.1) is 0 Å². The van der Waals surface area contributed by atoms with Crippen LogP contribution >= 0.6 is 11.3 Å². The van der Waals surface area contributed by atoms with E-state index in [1.807, 2.05) is 12.3 Å². The van der Waals surface area contributed by atoms with E-state index in [0.29, 0.717) is 0 Å². The smallest absolute Gasteiger partial charge is 0.182 e. The van der Waals surface area contributed by atoms with Crippen molar-refractivity contribution in [2.75, 3.05) is 16.5 Å². The molecule has 0 saturated heterocycles. The molecular weight excluding hydrogens is 547 g/mol. The molecule has 0 unspecified atom stereocenters. The minimum Gasteiger partial charge on any atom is -0.447 e. The number of thiophene rings is 1. The number of para-hydroxylation sites is 1. The summed E-state index contributed by atoms with van der Waals surface area (Å²) in [5, 5.41) is 4.44. The van der Waals surface area contributed by atoms with Crippen molar-refractivity contribution in [3.63, 3.8) is 0 Å². The minimum absolute atomic E-state index is 0.0366. The van der Waals surface area contributed by atoms with Gasteiger partial charge < -0.3 is 14.5 Å². The fraction of sp³-hybridized carbons (Fsp3) is 0.184. The summed E-state index contributed by atoms with van der Waals surface area (Å²) in [5.41, 5.74) is 8.27. The van der Waals surface area contributed by atoms with Crippen molar-refractivity contribution in [2.24, 2.45) is 0 Å². The maximum absolute atomic E-state index is 6.57. The average molecular weight is 582 g/mol. The number of fused-ring (bicyclic) bond motifs is 2. The normalized spacial score (nSPS) is 13.9. The van der Waals surface area contributed by atoms with E-state index in [1.165, 1.54) is 43.5 Å². The van der Waals surface area contributed by atoms with Crippen LogP contribution in [0.5, 0.6) is 10.8 Å². The first-order chi connectivity index (χ1) is 20.8. The second-order valence-corrected chi connectivity index (χ2v) is 13.3. The van der Waals surface area contributed by atoms with Crippen LogP contribution in [-0.4, -0.2) is 11.7 Å². The Morgan fingerprint density at radius 2 is 1.44 bits per heavy atom. The lowest BCUT2D eigenvalue weighted by Gasteiger charge is -2.24. The molecule has 0 atom stereocenters. The van der Waals surface area contributed by atoms with E-state index in [-0.39, 0.29) is 5.41 Å². The van der Waals surface area contributed by atoms with E-state index >= 15 is 0 Å². The molecule has 6 aromatic rings. The van der Waals surface area contributed by atoms with Crippen LogP contribution in [0.4, 0.5) is 11.4 Å². The molecule has 3 heterocycles. The van der Waals surface area contributed by atoms with Crippen LogP contribution in [-0.2, 0) is 5.41 Å². The summed E-state index contributed by atoms with van der Waals surface area (Å²) in [6, 6.07) is 36.4. The summed E-state index contributed by atoms with van der Waals surface area (Å²) in [4.78, 5) is 9.56. The standard InChI is InChI=1S/C38H35N3OS/c1-25-26(2)41(24-40(25)29-13-7-6-8-14-29)30-15-11-16-31(22-30)42-36-23-33-35(43-36)20-27-12-9-10-17-32(27)37(33)34-21-28(18-19-39-34)38(3,4)5/h6-23H,24H2,1-5H3. The highest BCUT2D eigenvalue weighted by Gasteiger charge is 2.26. The topological polar surface area (TPSA) is 28.6 Å². The lowest BCUT2D eigenvalue weighted by Crippen LogP contribution is -2.26. The molecule has 1 aliphatic heterocycles. The number of rotatable bonds is 5. The Morgan fingerprint density at radius 3 is 2.23 bits per heavy atom. The zero-order valence-corrected chi connectivity index (χ0v) is 26.1. The molecule has 0 spiro atoms. The lowest BCUT2D eigenvalue weighted by atomic mass is 9.86.